The lowest BCUT2D eigenvalue weighted by molar-refractivity contribution is -0.189. The third-order valence-corrected chi connectivity index (χ3v) is 4.52. The van der Waals surface area contributed by atoms with Gasteiger partial charge in [-0.1, -0.05) is 30.3 Å². The van der Waals surface area contributed by atoms with Crippen LogP contribution in [0, 0.1) is 0 Å². The molecule has 1 aromatic rings. The van der Waals surface area contributed by atoms with E-state index in [-0.39, 0.29) is 18.0 Å². The van der Waals surface area contributed by atoms with Crippen LogP contribution in [0.3, 0.4) is 0 Å². The zero-order valence-electron chi connectivity index (χ0n) is 12.1. The molecule has 1 saturated heterocycles. The van der Waals surface area contributed by atoms with Crippen LogP contribution in [-0.4, -0.2) is 42.2 Å². The molecule has 1 N–H and O–H groups in total. The van der Waals surface area contributed by atoms with Crippen molar-refractivity contribution < 1.29 is 18.0 Å². The van der Waals surface area contributed by atoms with E-state index in [0.717, 1.165) is 10.5 Å². The Balaban J connectivity index is 1.79. The van der Waals surface area contributed by atoms with Crippen molar-refractivity contribution in [3.8, 4) is 0 Å². The van der Waals surface area contributed by atoms with Gasteiger partial charge in [-0.25, -0.2) is 0 Å². The van der Waals surface area contributed by atoms with Gasteiger partial charge in [-0.3, -0.25) is 4.79 Å². The number of nitrogens with zero attached hydrogens (tertiary/aromatic N) is 1. The highest BCUT2D eigenvalue weighted by atomic mass is 19.4. The summed E-state index contributed by atoms with van der Waals surface area (Å²) in [6, 6.07) is 8.85. The smallest absolute Gasteiger partial charge is 0.328 e. The van der Waals surface area contributed by atoms with Crippen LogP contribution in [0.15, 0.2) is 30.3 Å². The summed E-state index contributed by atoms with van der Waals surface area (Å²) in [4.78, 5) is 13.0. The number of amides is 1. The van der Waals surface area contributed by atoms with Crippen molar-refractivity contribution in [2.45, 2.75) is 43.4 Å². The van der Waals surface area contributed by atoms with Crippen LogP contribution >= 0.6 is 0 Å². The second-order valence-corrected chi connectivity index (χ2v) is 6.01. The summed E-state index contributed by atoms with van der Waals surface area (Å²) in [6.07, 6.45) is -3.01. The molecule has 1 aromatic carbocycles. The average Bonchev–Trinajstić information content (AvgIpc) is 3.29. The molecule has 2 atom stereocenters. The van der Waals surface area contributed by atoms with E-state index in [1.54, 1.807) is 0 Å². The second kappa shape index (κ2) is 5.91. The molecule has 1 saturated carbocycles. The Hall–Kier alpha value is -1.56. The van der Waals surface area contributed by atoms with Crippen LogP contribution in [0.4, 0.5) is 13.2 Å². The molecule has 1 heterocycles. The number of hydrogen-bond acceptors (Lipinski definition) is 2. The largest absolute Gasteiger partial charge is 0.471 e. The minimum absolute atomic E-state index is 0.0300. The first kappa shape index (κ1) is 15.3. The Labute approximate surface area is 127 Å². The van der Waals surface area contributed by atoms with E-state index in [4.69, 9.17) is 0 Å². The zero-order valence-corrected chi connectivity index (χ0v) is 12.1. The van der Waals surface area contributed by atoms with E-state index in [1.165, 1.54) is 0 Å². The number of piperidine rings is 1. The van der Waals surface area contributed by atoms with E-state index in [1.807, 2.05) is 30.3 Å². The third-order valence-electron chi connectivity index (χ3n) is 4.52. The number of carbonyl (C=O) groups excluding carboxylic acids is 1. The van der Waals surface area contributed by atoms with Crippen molar-refractivity contribution in [3.63, 3.8) is 0 Å². The Morgan fingerprint density at radius 3 is 2.36 bits per heavy atom. The maximum absolute atomic E-state index is 13.0. The predicted molar refractivity (Wildman–Crippen MR) is 76.4 cm³/mol. The summed E-state index contributed by atoms with van der Waals surface area (Å²) in [5.74, 6) is -1.65. The molecule has 2 fully saturated rings. The summed E-state index contributed by atoms with van der Waals surface area (Å²) >= 11 is 0. The molecule has 120 valence electrons. The maximum Gasteiger partial charge on any atom is 0.471 e. The van der Waals surface area contributed by atoms with Crippen molar-refractivity contribution in [1.82, 2.24) is 10.2 Å². The highest BCUT2D eigenvalue weighted by Gasteiger charge is 2.53. The molecule has 6 heteroatoms. The van der Waals surface area contributed by atoms with Gasteiger partial charge in [0, 0.05) is 18.0 Å². The van der Waals surface area contributed by atoms with Gasteiger partial charge in [0.2, 0.25) is 0 Å². The summed E-state index contributed by atoms with van der Waals surface area (Å²) in [7, 11) is 0. The number of benzene rings is 1. The number of halogens is 3. The van der Waals surface area contributed by atoms with Crippen LogP contribution < -0.4 is 5.32 Å². The molecule has 0 spiro atoms. The zero-order chi connectivity index (χ0) is 15.7. The summed E-state index contributed by atoms with van der Waals surface area (Å²) < 4.78 is 38.9. The highest BCUT2D eigenvalue weighted by molar-refractivity contribution is 5.83. The van der Waals surface area contributed by atoms with Crippen molar-refractivity contribution in [2.24, 2.45) is 0 Å². The number of hydrogen-bond donors (Lipinski definition) is 1. The molecule has 3 rings (SSSR count). The van der Waals surface area contributed by atoms with E-state index < -0.39 is 12.1 Å². The fourth-order valence-corrected chi connectivity index (χ4v) is 3.37. The number of nitrogens with one attached hydrogen (secondary N) is 1. The van der Waals surface area contributed by atoms with E-state index in [0.29, 0.717) is 32.4 Å². The molecule has 0 radical (unpaired) electrons. The maximum atomic E-state index is 13.0. The summed E-state index contributed by atoms with van der Waals surface area (Å²) in [5, 5.41) is 3.13. The monoisotopic (exact) mass is 312 g/mol. The molecule has 0 bridgehead atoms. The molecule has 0 aromatic heterocycles. The predicted octanol–water partition coefficient (Wildman–Crippen LogP) is 2.69. The minimum Gasteiger partial charge on any atom is -0.328 e. The van der Waals surface area contributed by atoms with Crippen LogP contribution in [0.5, 0.6) is 0 Å². The number of carbonyl (C=O) groups is 1. The van der Waals surface area contributed by atoms with E-state index in [2.05, 4.69) is 5.32 Å². The summed E-state index contributed by atoms with van der Waals surface area (Å²) in [5.41, 5.74) is 1.02. The fourth-order valence-electron chi connectivity index (χ4n) is 3.37. The van der Waals surface area contributed by atoms with Crippen molar-refractivity contribution in [2.75, 3.05) is 13.1 Å². The molecule has 1 aliphatic carbocycles. The normalized spacial score (nSPS) is 25.8. The first-order valence-electron chi connectivity index (χ1n) is 7.63. The van der Waals surface area contributed by atoms with Crippen molar-refractivity contribution in [3.05, 3.63) is 35.9 Å². The average molecular weight is 312 g/mol. The lowest BCUT2D eigenvalue weighted by Gasteiger charge is -2.35. The standard InChI is InChI=1S/C16H19F3N2O/c17-16(18,19)15(22)21(12-6-8-20-9-7-12)14-10-13(14)11-4-2-1-3-5-11/h1-5,12-14,20H,6-10H2. The molecule has 22 heavy (non-hydrogen) atoms. The van der Waals surface area contributed by atoms with Crippen molar-refractivity contribution >= 4 is 5.91 Å². The number of rotatable bonds is 3. The Kier molecular flexibility index (Phi) is 4.12. The molecular formula is C16H19F3N2O. The molecule has 1 amide bonds. The quantitative estimate of drug-likeness (QED) is 0.931. The van der Waals surface area contributed by atoms with Gasteiger partial charge in [0.1, 0.15) is 0 Å². The van der Waals surface area contributed by atoms with Gasteiger partial charge in [0.25, 0.3) is 0 Å². The van der Waals surface area contributed by atoms with Crippen LogP contribution in [-0.2, 0) is 4.79 Å². The molecule has 1 aliphatic heterocycles. The first-order chi connectivity index (χ1) is 10.5. The van der Waals surface area contributed by atoms with Crippen LogP contribution in [0.2, 0.25) is 0 Å². The first-order valence-corrected chi connectivity index (χ1v) is 7.63. The van der Waals surface area contributed by atoms with Crippen LogP contribution in [0.1, 0.15) is 30.7 Å². The molecule has 3 nitrogen and oxygen atoms in total. The highest BCUT2D eigenvalue weighted by Crippen LogP contribution is 2.47. The van der Waals surface area contributed by atoms with Gasteiger partial charge in [-0.05, 0) is 37.9 Å². The summed E-state index contributed by atoms with van der Waals surface area (Å²) in [6.45, 7) is 1.32. The molecule has 2 unspecified atom stereocenters. The Bertz CT molecular complexity index is 526. The minimum atomic E-state index is -4.80. The molecule has 2 aliphatic rings. The van der Waals surface area contributed by atoms with Gasteiger partial charge in [-0.15, -0.1) is 0 Å². The lowest BCUT2D eigenvalue weighted by Crippen LogP contribution is -2.52. The second-order valence-electron chi connectivity index (χ2n) is 6.01. The Morgan fingerprint density at radius 1 is 1.14 bits per heavy atom. The van der Waals surface area contributed by atoms with E-state index >= 15 is 0 Å². The topological polar surface area (TPSA) is 32.3 Å². The van der Waals surface area contributed by atoms with Gasteiger partial charge < -0.3 is 10.2 Å². The van der Waals surface area contributed by atoms with Gasteiger partial charge in [0.05, 0.1) is 0 Å². The van der Waals surface area contributed by atoms with Crippen molar-refractivity contribution in [1.29, 1.82) is 0 Å². The molecular weight excluding hydrogens is 293 g/mol. The van der Waals surface area contributed by atoms with Gasteiger partial charge in [-0.2, -0.15) is 13.2 Å². The number of alkyl halides is 3. The fraction of sp³-hybridized carbons (Fsp3) is 0.562. The van der Waals surface area contributed by atoms with Crippen LogP contribution in [0.25, 0.3) is 0 Å². The third kappa shape index (κ3) is 3.11. The SMILES string of the molecule is O=C(N(C1CCNCC1)C1CC1c1ccccc1)C(F)(F)F. The van der Waals surface area contributed by atoms with E-state index in [9.17, 15) is 18.0 Å². The lowest BCUT2D eigenvalue weighted by atomic mass is 10.0. The Morgan fingerprint density at radius 2 is 1.77 bits per heavy atom. The van der Waals surface area contributed by atoms with Gasteiger partial charge in [0.15, 0.2) is 0 Å². The van der Waals surface area contributed by atoms with Gasteiger partial charge >= 0.3 is 12.1 Å².